The Morgan fingerprint density at radius 3 is 1.04 bits per heavy atom. The van der Waals surface area contributed by atoms with Gasteiger partial charge in [-0.05, 0) is 135 Å². The number of para-hydroxylation sites is 1. The van der Waals surface area contributed by atoms with Crippen molar-refractivity contribution in [2.75, 3.05) is 9.80 Å². The standard InChI is InChI=1S/C77H55N3/c1-50-38-41-58(54-24-10-5-11-25-54)45-68(50)78(63-33-20-32-57(44-63)53-22-8-4-9-23-53)76-64-34-18-16-30-61(64)48-71-73(76)66-36-21-37-67-74-72(80(71)75(66)67)49-62-31-17-19-35-65(62)77(74)79(69-46-59(42-39-51(69)2)55-26-12-6-13-27-55)70-47-60(43-40-52(70)3)56-28-14-7-15-29-56/h4-49H,1-3H3. The van der Waals surface area contributed by atoms with Crippen molar-refractivity contribution in [2.45, 2.75) is 20.8 Å². The molecule has 0 N–H and O–H groups in total. The Morgan fingerprint density at radius 1 is 0.263 bits per heavy atom. The fraction of sp³-hybridized carbons (Fsp3) is 0.0390. The van der Waals surface area contributed by atoms with Crippen molar-refractivity contribution in [3.63, 3.8) is 0 Å². The first kappa shape index (κ1) is 47.0. The fourth-order valence-corrected chi connectivity index (χ4v) is 12.7. The van der Waals surface area contributed by atoms with Gasteiger partial charge in [0.1, 0.15) is 0 Å². The Labute approximate surface area is 466 Å². The van der Waals surface area contributed by atoms with Crippen LogP contribution in [0, 0.1) is 20.8 Å². The van der Waals surface area contributed by atoms with Crippen LogP contribution in [-0.2, 0) is 0 Å². The van der Waals surface area contributed by atoms with Gasteiger partial charge in [-0.25, -0.2) is 0 Å². The van der Waals surface area contributed by atoms with Crippen molar-refractivity contribution in [3.8, 4) is 44.5 Å². The van der Waals surface area contributed by atoms with Crippen molar-refractivity contribution in [1.82, 2.24) is 4.40 Å². The van der Waals surface area contributed by atoms with Crippen LogP contribution in [-0.4, -0.2) is 4.40 Å². The van der Waals surface area contributed by atoms with E-state index in [0.29, 0.717) is 0 Å². The number of aryl methyl sites for hydroxylation is 3. The predicted octanol–water partition coefficient (Wildman–Crippen LogP) is 21.7. The Morgan fingerprint density at radius 2 is 0.600 bits per heavy atom. The van der Waals surface area contributed by atoms with Gasteiger partial charge in [-0.3, -0.25) is 0 Å². The molecule has 0 aliphatic rings. The first-order valence-electron chi connectivity index (χ1n) is 27.7. The second-order valence-corrected chi connectivity index (χ2v) is 21.4. The van der Waals surface area contributed by atoms with E-state index in [4.69, 9.17) is 0 Å². The van der Waals surface area contributed by atoms with E-state index in [1.807, 2.05) is 0 Å². The van der Waals surface area contributed by atoms with E-state index in [1.54, 1.807) is 0 Å². The molecular formula is C77H55N3. The number of anilines is 6. The largest absolute Gasteiger partial charge is 0.309 e. The zero-order valence-electron chi connectivity index (χ0n) is 44.9. The summed E-state index contributed by atoms with van der Waals surface area (Å²) in [6, 6.07) is 103. The molecular weight excluding hydrogens is 967 g/mol. The molecule has 0 aliphatic heterocycles. The molecule has 2 aromatic heterocycles. The molecule has 3 nitrogen and oxygen atoms in total. The van der Waals surface area contributed by atoms with E-state index in [0.717, 1.165) is 34.1 Å². The maximum absolute atomic E-state index is 2.60. The van der Waals surface area contributed by atoms with Crippen molar-refractivity contribution >= 4 is 93.8 Å². The Kier molecular flexibility index (Phi) is 11.2. The van der Waals surface area contributed by atoms with Gasteiger partial charge in [0, 0.05) is 55.1 Å². The fourth-order valence-electron chi connectivity index (χ4n) is 12.7. The lowest BCUT2D eigenvalue weighted by Crippen LogP contribution is -2.14. The average molecular weight is 1020 g/mol. The highest BCUT2D eigenvalue weighted by Gasteiger charge is 2.30. The van der Waals surface area contributed by atoms with Crippen LogP contribution in [0.15, 0.2) is 279 Å². The number of rotatable bonds is 10. The van der Waals surface area contributed by atoms with Crippen molar-refractivity contribution in [1.29, 1.82) is 0 Å². The van der Waals surface area contributed by atoms with Crippen LogP contribution in [0.4, 0.5) is 34.1 Å². The van der Waals surface area contributed by atoms with E-state index in [2.05, 4.69) is 314 Å². The maximum Gasteiger partial charge on any atom is 0.0640 e. The Balaban J connectivity index is 1.08. The van der Waals surface area contributed by atoms with E-state index in [9.17, 15) is 0 Å². The highest BCUT2D eigenvalue weighted by atomic mass is 15.2. The molecule has 0 atom stereocenters. The second kappa shape index (κ2) is 19.1. The smallest absolute Gasteiger partial charge is 0.0640 e. The van der Waals surface area contributed by atoms with Crippen molar-refractivity contribution < 1.29 is 0 Å². The molecule has 0 radical (unpaired) electrons. The van der Waals surface area contributed by atoms with E-state index in [-0.39, 0.29) is 0 Å². The average Bonchev–Trinajstić information content (AvgIpc) is 4.25. The number of hydrogen-bond donors (Lipinski definition) is 0. The van der Waals surface area contributed by atoms with Gasteiger partial charge in [-0.2, -0.15) is 0 Å². The maximum atomic E-state index is 2.60. The third kappa shape index (κ3) is 7.65. The molecule has 2 heterocycles. The van der Waals surface area contributed by atoms with Crippen LogP contribution in [0.25, 0.3) is 104 Å². The molecule has 0 spiro atoms. The third-order valence-electron chi connectivity index (χ3n) is 16.6. The van der Waals surface area contributed by atoms with E-state index in [1.165, 1.54) is 121 Å². The first-order chi connectivity index (χ1) is 39.4. The summed E-state index contributed by atoms with van der Waals surface area (Å²) < 4.78 is 2.60. The monoisotopic (exact) mass is 1020 g/mol. The normalized spacial score (nSPS) is 11.7. The van der Waals surface area contributed by atoms with E-state index >= 15 is 0 Å². The molecule has 3 heteroatoms. The summed E-state index contributed by atoms with van der Waals surface area (Å²) in [6.45, 7) is 6.79. The van der Waals surface area contributed by atoms with Crippen LogP contribution >= 0.6 is 0 Å². The molecule has 0 amide bonds. The molecule has 0 saturated carbocycles. The van der Waals surface area contributed by atoms with Crippen LogP contribution in [0.2, 0.25) is 0 Å². The molecule has 15 aromatic rings. The minimum absolute atomic E-state index is 1.09. The molecule has 378 valence electrons. The van der Waals surface area contributed by atoms with E-state index < -0.39 is 0 Å². The van der Waals surface area contributed by atoms with Gasteiger partial charge in [-0.15, -0.1) is 0 Å². The first-order valence-corrected chi connectivity index (χ1v) is 27.7. The van der Waals surface area contributed by atoms with Gasteiger partial charge < -0.3 is 14.2 Å². The number of benzene rings is 13. The Hall–Kier alpha value is -10.2. The quantitative estimate of drug-likeness (QED) is 0.135. The zero-order chi connectivity index (χ0) is 53.4. The van der Waals surface area contributed by atoms with Gasteiger partial charge in [-0.1, -0.05) is 237 Å². The van der Waals surface area contributed by atoms with Crippen LogP contribution < -0.4 is 9.80 Å². The lowest BCUT2D eigenvalue weighted by molar-refractivity contribution is 1.24. The molecule has 15 rings (SSSR count). The molecule has 80 heavy (non-hydrogen) atoms. The zero-order valence-corrected chi connectivity index (χ0v) is 44.9. The topological polar surface area (TPSA) is 10.9 Å². The highest BCUT2D eigenvalue weighted by molar-refractivity contribution is 6.33. The van der Waals surface area contributed by atoms with Gasteiger partial charge in [0.15, 0.2) is 0 Å². The SMILES string of the molecule is Cc1ccc(-c2ccccc2)cc1N(c1cccc(-c2ccccc2)c1)c1c2ccccc2cc2c1c1cccc3c4c(N(c5cc(-c6ccccc6)ccc5C)c5cc(-c6ccccc6)ccc5C)c5ccccc5cc4n2c13. The summed E-state index contributed by atoms with van der Waals surface area (Å²) in [4.78, 5) is 5.17. The molecule has 0 fully saturated rings. The number of fused-ring (bicyclic) bond motifs is 8. The summed E-state index contributed by atoms with van der Waals surface area (Å²) in [5, 5.41) is 9.58. The van der Waals surface area contributed by atoms with Gasteiger partial charge >= 0.3 is 0 Å². The summed E-state index contributed by atoms with van der Waals surface area (Å²) in [7, 11) is 0. The van der Waals surface area contributed by atoms with Crippen molar-refractivity contribution in [2.24, 2.45) is 0 Å². The predicted molar refractivity (Wildman–Crippen MR) is 341 cm³/mol. The minimum Gasteiger partial charge on any atom is -0.309 e. The molecule has 0 aliphatic carbocycles. The second-order valence-electron chi connectivity index (χ2n) is 21.4. The molecule has 0 unspecified atom stereocenters. The third-order valence-corrected chi connectivity index (χ3v) is 16.6. The number of aromatic nitrogens is 1. The van der Waals surface area contributed by atoms with Crippen molar-refractivity contribution in [3.05, 3.63) is 296 Å². The highest BCUT2D eigenvalue weighted by Crippen LogP contribution is 2.55. The minimum atomic E-state index is 1.09. The molecule has 0 bridgehead atoms. The van der Waals surface area contributed by atoms with Gasteiger partial charge in [0.2, 0.25) is 0 Å². The number of hydrogen-bond acceptors (Lipinski definition) is 2. The summed E-state index contributed by atoms with van der Waals surface area (Å²) >= 11 is 0. The summed E-state index contributed by atoms with van der Waals surface area (Å²) in [5.74, 6) is 0. The summed E-state index contributed by atoms with van der Waals surface area (Å²) in [6.07, 6.45) is 0. The molecule has 0 saturated heterocycles. The molecule has 13 aromatic carbocycles. The lowest BCUT2D eigenvalue weighted by atomic mass is 9.95. The summed E-state index contributed by atoms with van der Waals surface area (Å²) in [5.41, 5.74) is 23.4. The lowest BCUT2D eigenvalue weighted by Gasteiger charge is -2.31. The van der Waals surface area contributed by atoms with Gasteiger partial charge in [0.25, 0.3) is 0 Å². The van der Waals surface area contributed by atoms with Crippen LogP contribution in [0.1, 0.15) is 16.7 Å². The van der Waals surface area contributed by atoms with Crippen LogP contribution in [0.5, 0.6) is 0 Å². The van der Waals surface area contributed by atoms with Gasteiger partial charge in [0.05, 0.1) is 27.9 Å². The Bertz CT molecular complexity index is 4760. The number of nitrogens with zero attached hydrogens (tertiary/aromatic N) is 3. The van der Waals surface area contributed by atoms with Crippen LogP contribution in [0.3, 0.4) is 0 Å².